The zero-order chi connectivity index (χ0) is 29.0. The van der Waals surface area contributed by atoms with Gasteiger partial charge in [0, 0.05) is 24.9 Å². The van der Waals surface area contributed by atoms with Crippen LogP contribution in [0.15, 0.2) is 35.9 Å². The highest BCUT2D eigenvalue weighted by Gasteiger charge is 2.44. The molecule has 0 saturated carbocycles. The molecule has 1 aromatic rings. The third-order valence-corrected chi connectivity index (χ3v) is 6.90. The van der Waals surface area contributed by atoms with Gasteiger partial charge in [-0.1, -0.05) is 12.1 Å². The van der Waals surface area contributed by atoms with E-state index in [2.05, 4.69) is 5.32 Å². The summed E-state index contributed by atoms with van der Waals surface area (Å²) in [5.74, 6) is -5.37. The van der Waals surface area contributed by atoms with Gasteiger partial charge in [0.25, 0.3) is 11.8 Å². The molecular weight excluding hydrogens is 523 g/mol. The fourth-order valence-electron chi connectivity index (χ4n) is 4.71. The van der Waals surface area contributed by atoms with Gasteiger partial charge in [-0.15, -0.1) is 0 Å². The number of nitriles is 1. The molecule has 39 heavy (non-hydrogen) atoms. The lowest BCUT2D eigenvalue weighted by Gasteiger charge is -2.33. The summed E-state index contributed by atoms with van der Waals surface area (Å²) in [7, 11) is -1.97. The van der Waals surface area contributed by atoms with Crippen LogP contribution < -0.4 is 5.32 Å². The molecule has 2 aliphatic heterocycles. The number of carbonyl (C=O) groups is 2. The van der Waals surface area contributed by atoms with E-state index in [-0.39, 0.29) is 37.9 Å². The summed E-state index contributed by atoms with van der Waals surface area (Å²) in [6.45, 7) is 1.97. The maximum atomic E-state index is 14.3. The summed E-state index contributed by atoms with van der Waals surface area (Å²) >= 11 is 0. The van der Waals surface area contributed by atoms with E-state index in [0.717, 1.165) is 4.90 Å². The van der Waals surface area contributed by atoms with Crippen LogP contribution in [0, 0.1) is 17.1 Å². The predicted octanol–water partition coefficient (Wildman–Crippen LogP) is 1.98. The van der Waals surface area contributed by atoms with Crippen LogP contribution in [0.1, 0.15) is 32.3 Å². The molecule has 1 aromatic carbocycles. The van der Waals surface area contributed by atoms with E-state index in [9.17, 15) is 42.5 Å². The number of alkyl halides is 3. The summed E-state index contributed by atoms with van der Waals surface area (Å²) < 4.78 is 59.9. The van der Waals surface area contributed by atoms with Crippen molar-refractivity contribution in [1.82, 2.24) is 15.1 Å². The molecular formula is C25H31BF4N4O5. The van der Waals surface area contributed by atoms with Crippen LogP contribution >= 0.6 is 0 Å². The van der Waals surface area contributed by atoms with Crippen molar-refractivity contribution in [3.8, 4) is 6.07 Å². The molecule has 0 radical (unpaired) electrons. The van der Waals surface area contributed by atoms with Gasteiger partial charge in [0.15, 0.2) is 0 Å². The van der Waals surface area contributed by atoms with E-state index in [0.29, 0.717) is 5.56 Å². The van der Waals surface area contributed by atoms with Gasteiger partial charge in [-0.05, 0) is 44.0 Å². The van der Waals surface area contributed by atoms with Crippen LogP contribution in [0.25, 0.3) is 0 Å². The van der Waals surface area contributed by atoms with Crippen LogP contribution in [-0.4, -0.2) is 94.8 Å². The molecule has 2 amide bonds. The third kappa shape index (κ3) is 8.17. The maximum Gasteiger partial charge on any atom is 0.475 e. The zero-order valence-electron chi connectivity index (χ0n) is 21.6. The van der Waals surface area contributed by atoms with Crippen molar-refractivity contribution in [2.24, 2.45) is 0 Å². The number of nitrogens with zero attached hydrogens (tertiary/aromatic N) is 3. The number of benzene rings is 1. The molecule has 3 rings (SSSR count). The number of halogens is 4. The molecule has 3 N–H and O–H groups in total. The standard InChI is InChI=1S/C25H31BF4N4O5/c1-24(2,33-8-7-25(29,30)15-33)11-17(12-31)22(35)34-13-19(28)10-20(34)14-39-23(36)32-21(26(37)38)9-16-3-5-18(27)6-4-16/h3-6,11,19-21,37-38H,7-10,13-15H2,1-2H3,(H,32,36)/t19-,20-,21+/m1/s1. The fraction of sp³-hybridized carbons (Fsp3) is 0.560. The summed E-state index contributed by atoms with van der Waals surface area (Å²) in [6.07, 6.45) is -1.77. The first-order valence-corrected chi connectivity index (χ1v) is 12.5. The minimum absolute atomic E-state index is 0.0529. The Bertz CT molecular complexity index is 1110. The number of hydrogen-bond acceptors (Lipinski definition) is 7. The summed E-state index contributed by atoms with van der Waals surface area (Å²) in [5, 5.41) is 31.2. The quantitative estimate of drug-likeness (QED) is 0.185. The predicted molar refractivity (Wildman–Crippen MR) is 132 cm³/mol. The van der Waals surface area contributed by atoms with Crippen molar-refractivity contribution in [3.05, 3.63) is 47.3 Å². The number of rotatable bonds is 9. The molecule has 2 fully saturated rings. The highest BCUT2D eigenvalue weighted by atomic mass is 19.3. The smallest absolute Gasteiger partial charge is 0.447 e. The van der Waals surface area contributed by atoms with Crippen LogP contribution in [0.2, 0.25) is 0 Å². The van der Waals surface area contributed by atoms with E-state index in [4.69, 9.17) is 4.74 Å². The molecule has 2 aliphatic rings. The molecule has 0 bridgehead atoms. The van der Waals surface area contributed by atoms with Gasteiger partial charge in [-0.2, -0.15) is 5.26 Å². The van der Waals surface area contributed by atoms with E-state index in [1.54, 1.807) is 19.9 Å². The van der Waals surface area contributed by atoms with Crippen molar-refractivity contribution >= 4 is 19.1 Å². The second kappa shape index (κ2) is 12.4. The van der Waals surface area contributed by atoms with Gasteiger partial charge in [-0.25, -0.2) is 22.4 Å². The number of nitrogens with one attached hydrogen (secondary N) is 1. The van der Waals surface area contributed by atoms with Crippen LogP contribution in [-0.2, 0) is 16.0 Å². The Morgan fingerprint density at radius 2 is 2.00 bits per heavy atom. The lowest BCUT2D eigenvalue weighted by molar-refractivity contribution is -0.128. The van der Waals surface area contributed by atoms with Crippen molar-refractivity contribution in [3.63, 3.8) is 0 Å². The number of carbonyl (C=O) groups excluding carboxylic acids is 2. The van der Waals surface area contributed by atoms with E-state index in [1.165, 1.54) is 35.2 Å². The van der Waals surface area contributed by atoms with Gasteiger partial charge in [0.05, 0.1) is 25.1 Å². The minimum Gasteiger partial charge on any atom is -0.447 e. The Hall–Kier alpha value is -3.15. The van der Waals surface area contributed by atoms with Gasteiger partial charge in [0.1, 0.15) is 30.2 Å². The monoisotopic (exact) mass is 554 g/mol. The van der Waals surface area contributed by atoms with Crippen LogP contribution in [0.4, 0.5) is 22.4 Å². The lowest BCUT2D eigenvalue weighted by Crippen LogP contribution is -2.49. The number of likely N-dealkylation sites (tertiary alicyclic amines) is 2. The topological polar surface area (TPSA) is 126 Å². The number of alkyl carbamates (subject to hydrolysis) is 1. The SMILES string of the molecule is CC(C)(C=C(C#N)C(=O)N1C[C@H](F)C[C@@H]1COC(=O)N[C@@H](Cc1ccc(F)cc1)B(O)O)N1CCC(F)(F)C1. The second-order valence-electron chi connectivity index (χ2n) is 10.4. The Morgan fingerprint density at radius 1 is 1.33 bits per heavy atom. The lowest BCUT2D eigenvalue weighted by atomic mass is 9.76. The summed E-state index contributed by atoms with van der Waals surface area (Å²) in [4.78, 5) is 28.0. The normalized spacial score (nSPS) is 22.3. The Morgan fingerprint density at radius 3 is 2.56 bits per heavy atom. The van der Waals surface area contributed by atoms with Crippen molar-refractivity contribution < 1.29 is 41.9 Å². The molecule has 14 heteroatoms. The summed E-state index contributed by atoms with van der Waals surface area (Å²) in [6, 6.07) is 6.05. The first kappa shape index (κ1) is 30.4. The molecule has 2 saturated heterocycles. The Kier molecular flexibility index (Phi) is 9.63. The largest absolute Gasteiger partial charge is 0.475 e. The third-order valence-electron chi connectivity index (χ3n) is 6.90. The van der Waals surface area contributed by atoms with E-state index < -0.39 is 67.7 Å². The number of amides is 2. The molecule has 0 aromatic heterocycles. The average molecular weight is 554 g/mol. The first-order valence-electron chi connectivity index (χ1n) is 12.5. The molecule has 2 heterocycles. The van der Waals surface area contributed by atoms with Gasteiger partial charge in [0.2, 0.25) is 0 Å². The number of ether oxygens (including phenoxy) is 1. The molecule has 3 atom stereocenters. The van der Waals surface area contributed by atoms with E-state index >= 15 is 0 Å². The van der Waals surface area contributed by atoms with Gasteiger partial charge >= 0.3 is 13.2 Å². The molecule has 0 aliphatic carbocycles. The average Bonchev–Trinajstić information content (AvgIpc) is 3.43. The van der Waals surface area contributed by atoms with Crippen molar-refractivity contribution in [2.75, 3.05) is 26.2 Å². The van der Waals surface area contributed by atoms with Crippen LogP contribution in [0.5, 0.6) is 0 Å². The van der Waals surface area contributed by atoms with Crippen molar-refractivity contribution in [2.45, 2.75) is 62.7 Å². The maximum absolute atomic E-state index is 14.3. The van der Waals surface area contributed by atoms with Crippen molar-refractivity contribution in [1.29, 1.82) is 5.26 Å². The Balaban J connectivity index is 1.63. The number of hydrogen-bond donors (Lipinski definition) is 3. The first-order chi connectivity index (χ1) is 18.2. The van der Waals surface area contributed by atoms with Crippen LogP contribution in [0.3, 0.4) is 0 Å². The molecule has 9 nitrogen and oxygen atoms in total. The van der Waals surface area contributed by atoms with E-state index in [1.807, 2.05) is 0 Å². The second-order valence-corrected chi connectivity index (χ2v) is 10.4. The highest BCUT2D eigenvalue weighted by Crippen LogP contribution is 2.33. The van der Waals surface area contributed by atoms with Gasteiger partial charge in [-0.3, -0.25) is 9.69 Å². The molecule has 0 spiro atoms. The molecule has 0 unspecified atom stereocenters. The van der Waals surface area contributed by atoms with Gasteiger partial charge < -0.3 is 25.0 Å². The Labute approximate surface area is 224 Å². The molecule has 212 valence electrons. The zero-order valence-corrected chi connectivity index (χ0v) is 21.6. The highest BCUT2D eigenvalue weighted by molar-refractivity contribution is 6.43. The minimum atomic E-state index is -2.87. The summed E-state index contributed by atoms with van der Waals surface area (Å²) in [5.41, 5.74) is -0.882. The fourth-order valence-corrected chi connectivity index (χ4v) is 4.71.